The molecule has 0 bridgehead atoms. The van der Waals surface area contributed by atoms with Crippen molar-refractivity contribution in [1.82, 2.24) is 28.8 Å². The fourth-order valence-corrected chi connectivity index (χ4v) is 3.18. The molecule has 0 N–H and O–H groups in total. The normalized spacial score (nSPS) is 11.4. The minimum Gasteiger partial charge on any atom is -0.337 e. The quantitative estimate of drug-likeness (QED) is 0.494. The highest BCUT2D eigenvalue weighted by Crippen LogP contribution is 2.21. The lowest BCUT2D eigenvalue weighted by atomic mass is 10.1. The van der Waals surface area contributed by atoms with E-state index < -0.39 is 11.2 Å². The molecule has 3 heterocycles. The lowest BCUT2D eigenvalue weighted by Gasteiger charge is -2.05. The van der Waals surface area contributed by atoms with Crippen LogP contribution < -0.4 is 11.2 Å². The summed E-state index contributed by atoms with van der Waals surface area (Å²) in [5, 5.41) is 4.06. The van der Waals surface area contributed by atoms with Gasteiger partial charge in [0.2, 0.25) is 17.0 Å². The molecule has 0 saturated heterocycles. The summed E-state index contributed by atoms with van der Waals surface area (Å²) < 4.78 is 9.05. The maximum Gasteiger partial charge on any atom is 0.332 e. The minimum absolute atomic E-state index is 0.0546. The van der Waals surface area contributed by atoms with Crippen molar-refractivity contribution in [2.45, 2.75) is 13.5 Å². The molecule has 138 valence electrons. The average molecular weight is 387 g/mol. The van der Waals surface area contributed by atoms with Gasteiger partial charge in [-0.3, -0.25) is 18.5 Å². The first-order chi connectivity index (χ1) is 12.9. The van der Waals surface area contributed by atoms with Crippen LogP contribution in [-0.2, 0) is 20.6 Å². The van der Waals surface area contributed by atoms with Crippen molar-refractivity contribution in [1.29, 1.82) is 0 Å². The van der Waals surface area contributed by atoms with Gasteiger partial charge in [0.15, 0.2) is 11.2 Å². The standard InChI is InChI=1S/C17H15ClN6O3/c1-9-6-4-5-7-10(9)13-19-11(27-21-13)8-24-12-14(20-16(24)18)22(2)17(26)23(3)15(12)25/h4-7H,8H2,1-3H3. The largest absolute Gasteiger partial charge is 0.337 e. The van der Waals surface area contributed by atoms with Crippen molar-refractivity contribution in [2.75, 3.05) is 0 Å². The van der Waals surface area contributed by atoms with Gasteiger partial charge >= 0.3 is 5.69 Å². The summed E-state index contributed by atoms with van der Waals surface area (Å²) in [6.07, 6.45) is 0. The molecule has 0 radical (unpaired) electrons. The van der Waals surface area contributed by atoms with Crippen molar-refractivity contribution in [3.8, 4) is 11.4 Å². The molecule has 0 aliphatic heterocycles. The van der Waals surface area contributed by atoms with Gasteiger partial charge in [0.25, 0.3) is 5.56 Å². The topological polar surface area (TPSA) is 101 Å². The van der Waals surface area contributed by atoms with Gasteiger partial charge in [0.1, 0.15) is 6.54 Å². The summed E-state index contributed by atoms with van der Waals surface area (Å²) in [4.78, 5) is 33.2. The molecule has 3 aromatic heterocycles. The summed E-state index contributed by atoms with van der Waals surface area (Å²) in [6.45, 7) is 2.01. The zero-order valence-corrected chi connectivity index (χ0v) is 15.6. The molecule has 0 aliphatic carbocycles. The number of rotatable bonds is 3. The molecule has 27 heavy (non-hydrogen) atoms. The van der Waals surface area contributed by atoms with Gasteiger partial charge in [0.05, 0.1) is 0 Å². The Kier molecular flexibility index (Phi) is 3.96. The van der Waals surface area contributed by atoms with Crippen molar-refractivity contribution in [3.63, 3.8) is 0 Å². The van der Waals surface area contributed by atoms with Crippen LogP contribution in [0.15, 0.2) is 38.4 Å². The molecular formula is C17H15ClN6O3. The maximum atomic E-state index is 12.6. The van der Waals surface area contributed by atoms with E-state index in [0.717, 1.165) is 15.7 Å². The Morgan fingerprint density at radius 2 is 1.85 bits per heavy atom. The molecule has 10 heteroatoms. The van der Waals surface area contributed by atoms with E-state index in [9.17, 15) is 9.59 Å². The van der Waals surface area contributed by atoms with Gasteiger partial charge in [-0.1, -0.05) is 29.4 Å². The highest BCUT2D eigenvalue weighted by atomic mass is 35.5. The molecular weight excluding hydrogens is 372 g/mol. The number of imidazole rings is 1. The molecule has 0 fully saturated rings. The Balaban J connectivity index is 1.82. The van der Waals surface area contributed by atoms with Crippen LogP contribution >= 0.6 is 11.6 Å². The number of hydrogen-bond donors (Lipinski definition) is 0. The van der Waals surface area contributed by atoms with E-state index in [4.69, 9.17) is 16.1 Å². The Labute approximate surface area is 157 Å². The molecule has 0 saturated carbocycles. The van der Waals surface area contributed by atoms with Crippen LogP contribution in [0.1, 0.15) is 11.5 Å². The van der Waals surface area contributed by atoms with Gasteiger partial charge < -0.3 is 4.52 Å². The number of hydrogen-bond acceptors (Lipinski definition) is 6. The van der Waals surface area contributed by atoms with E-state index in [-0.39, 0.29) is 28.9 Å². The molecule has 0 amide bonds. The van der Waals surface area contributed by atoms with Gasteiger partial charge in [-0.15, -0.1) is 0 Å². The van der Waals surface area contributed by atoms with Crippen molar-refractivity contribution < 1.29 is 4.52 Å². The Morgan fingerprint density at radius 1 is 1.11 bits per heavy atom. The zero-order chi connectivity index (χ0) is 19.3. The maximum absolute atomic E-state index is 12.6. The fraction of sp³-hybridized carbons (Fsp3) is 0.235. The molecule has 4 rings (SSSR count). The van der Waals surface area contributed by atoms with E-state index in [0.29, 0.717) is 5.82 Å². The predicted octanol–water partition coefficient (Wildman–Crippen LogP) is 1.49. The monoisotopic (exact) mass is 386 g/mol. The second-order valence-corrected chi connectivity index (χ2v) is 6.51. The first kappa shape index (κ1) is 17.2. The second-order valence-electron chi connectivity index (χ2n) is 6.17. The highest BCUT2D eigenvalue weighted by Gasteiger charge is 2.20. The van der Waals surface area contributed by atoms with Crippen LogP contribution in [0, 0.1) is 6.92 Å². The SMILES string of the molecule is Cc1ccccc1-c1noc(Cn2c(Cl)nc3c2c(=O)n(C)c(=O)n3C)n1. The number of halogens is 1. The van der Waals surface area contributed by atoms with Gasteiger partial charge in [-0.05, 0) is 24.1 Å². The molecule has 0 unspecified atom stereocenters. The first-order valence-electron chi connectivity index (χ1n) is 8.09. The highest BCUT2D eigenvalue weighted by molar-refractivity contribution is 6.29. The van der Waals surface area contributed by atoms with Gasteiger partial charge in [0, 0.05) is 19.7 Å². The summed E-state index contributed by atoms with van der Waals surface area (Å²) >= 11 is 6.21. The lowest BCUT2D eigenvalue weighted by molar-refractivity contribution is 0.372. The number of benzene rings is 1. The smallest absolute Gasteiger partial charge is 0.332 e. The third-order valence-corrected chi connectivity index (χ3v) is 4.74. The number of fused-ring (bicyclic) bond motifs is 1. The summed E-state index contributed by atoms with van der Waals surface area (Å²) in [5.74, 6) is 0.717. The number of aromatic nitrogens is 6. The molecule has 9 nitrogen and oxygen atoms in total. The molecule has 0 aliphatic rings. The Hall–Kier alpha value is -3.20. The van der Waals surface area contributed by atoms with Gasteiger partial charge in [-0.25, -0.2) is 4.79 Å². The van der Waals surface area contributed by atoms with E-state index in [1.807, 2.05) is 31.2 Å². The zero-order valence-electron chi connectivity index (χ0n) is 14.8. The Bertz CT molecular complexity index is 1300. The van der Waals surface area contributed by atoms with Crippen LogP contribution in [0.3, 0.4) is 0 Å². The van der Waals surface area contributed by atoms with Crippen LogP contribution in [0.4, 0.5) is 0 Å². The number of nitrogens with zero attached hydrogens (tertiary/aromatic N) is 6. The van der Waals surface area contributed by atoms with Crippen molar-refractivity contribution >= 4 is 22.8 Å². The molecule has 0 atom stereocenters. The number of aryl methyl sites for hydroxylation is 2. The van der Waals surface area contributed by atoms with Gasteiger partial charge in [-0.2, -0.15) is 9.97 Å². The first-order valence-corrected chi connectivity index (χ1v) is 8.46. The third kappa shape index (κ3) is 2.67. The van der Waals surface area contributed by atoms with Crippen LogP contribution in [0.2, 0.25) is 5.28 Å². The average Bonchev–Trinajstić information content (AvgIpc) is 3.24. The second kappa shape index (κ2) is 6.20. The molecule has 1 aromatic carbocycles. The van der Waals surface area contributed by atoms with Crippen LogP contribution in [0.5, 0.6) is 0 Å². The summed E-state index contributed by atoms with van der Waals surface area (Å²) in [6, 6.07) is 7.67. The lowest BCUT2D eigenvalue weighted by Crippen LogP contribution is -2.37. The van der Waals surface area contributed by atoms with Crippen LogP contribution in [0.25, 0.3) is 22.6 Å². The van der Waals surface area contributed by atoms with Crippen molar-refractivity contribution in [2.24, 2.45) is 14.1 Å². The predicted molar refractivity (Wildman–Crippen MR) is 98.8 cm³/mol. The molecule has 0 spiro atoms. The molecule has 4 aromatic rings. The van der Waals surface area contributed by atoms with E-state index in [1.165, 1.54) is 23.2 Å². The third-order valence-electron chi connectivity index (χ3n) is 4.45. The fourth-order valence-electron chi connectivity index (χ4n) is 2.95. The van der Waals surface area contributed by atoms with Crippen molar-refractivity contribution in [3.05, 3.63) is 61.8 Å². The summed E-state index contributed by atoms with van der Waals surface area (Å²) in [5.41, 5.74) is 1.29. The summed E-state index contributed by atoms with van der Waals surface area (Å²) in [7, 11) is 2.93. The minimum atomic E-state index is -0.494. The Morgan fingerprint density at radius 3 is 2.59 bits per heavy atom. The van der Waals surface area contributed by atoms with E-state index in [1.54, 1.807) is 0 Å². The van der Waals surface area contributed by atoms with E-state index in [2.05, 4.69) is 15.1 Å². The van der Waals surface area contributed by atoms with Crippen LogP contribution in [-0.4, -0.2) is 28.8 Å². The van der Waals surface area contributed by atoms with E-state index >= 15 is 0 Å².